The maximum atomic E-state index is 13.4. The van der Waals surface area contributed by atoms with Gasteiger partial charge in [0.05, 0.1) is 6.20 Å². The summed E-state index contributed by atoms with van der Waals surface area (Å²) < 4.78 is 13.4. The normalized spacial score (nSPS) is 29.9. The van der Waals surface area contributed by atoms with Gasteiger partial charge in [-0.1, -0.05) is 0 Å². The largest absolute Gasteiger partial charge is 0.296 e. The second-order valence-corrected chi connectivity index (χ2v) is 4.73. The highest BCUT2D eigenvalue weighted by Crippen LogP contribution is 2.38. The van der Waals surface area contributed by atoms with Crippen LogP contribution in [0.2, 0.25) is 0 Å². The lowest BCUT2D eigenvalue weighted by Gasteiger charge is -2.26. The number of nitrogens with zero attached hydrogens (tertiary/aromatic N) is 2. The summed E-state index contributed by atoms with van der Waals surface area (Å²) in [6, 6.07) is 2.50. The summed E-state index contributed by atoms with van der Waals surface area (Å²) in [5.74, 6) is 0.708. The zero-order valence-corrected chi connectivity index (χ0v) is 8.69. The molecule has 2 atom stereocenters. The minimum atomic E-state index is -0.166. The topological polar surface area (TPSA) is 16.1 Å². The smallest absolute Gasteiger partial charge is 0.145 e. The molecule has 2 fully saturated rings. The fraction of sp³-hybridized carbons (Fsp3) is 0.583. The Bertz CT molecular complexity index is 366. The van der Waals surface area contributed by atoms with Crippen LogP contribution in [0.25, 0.3) is 0 Å². The number of aromatic nitrogens is 1. The van der Waals surface area contributed by atoms with Crippen molar-refractivity contribution >= 4 is 0 Å². The fourth-order valence-corrected chi connectivity index (χ4v) is 2.97. The molecular formula is C12H15FN2. The van der Waals surface area contributed by atoms with Crippen LogP contribution in [0.4, 0.5) is 4.39 Å². The molecule has 80 valence electrons. The molecule has 1 aliphatic carbocycles. The van der Waals surface area contributed by atoms with E-state index in [4.69, 9.17) is 0 Å². The molecule has 3 heteroatoms. The lowest BCUT2D eigenvalue weighted by molar-refractivity contribution is 0.203. The van der Waals surface area contributed by atoms with Gasteiger partial charge in [-0.2, -0.15) is 0 Å². The van der Waals surface area contributed by atoms with Crippen LogP contribution in [0.1, 0.15) is 24.8 Å². The van der Waals surface area contributed by atoms with Gasteiger partial charge in [0.25, 0.3) is 0 Å². The molecule has 1 aromatic rings. The fourth-order valence-electron chi connectivity index (χ4n) is 2.97. The van der Waals surface area contributed by atoms with Gasteiger partial charge < -0.3 is 0 Å². The van der Waals surface area contributed by atoms with E-state index in [-0.39, 0.29) is 5.82 Å². The van der Waals surface area contributed by atoms with Crippen LogP contribution in [-0.2, 0) is 6.54 Å². The molecule has 0 unspecified atom stereocenters. The third-order valence-corrected chi connectivity index (χ3v) is 3.75. The number of piperidine rings is 1. The minimum Gasteiger partial charge on any atom is -0.296 e. The van der Waals surface area contributed by atoms with Crippen LogP contribution in [0.15, 0.2) is 18.5 Å². The van der Waals surface area contributed by atoms with Crippen molar-refractivity contribution in [1.82, 2.24) is 9.88 Å². The van der Waals surface area contributed by atoms with E-state index < -0.39 is 0 Å². The molecule has 1 aromatic heterocycles. The van der Waals surface area contributed by atoms with Crippen molar-refractivity contribution in [2.75, 3.05) is 6.54 Å². The van der Waals surface area contributed by atoms with E-state index in [1.165, 1.54) is 25.5 Å². The highest BCUT2D eigenvalue weighted by Gasteiger charge is 2.37. The van der Waals surface area contributed by atoms with Crippen molar-refractivity contribution in [1.29, 1.82) is 0 Å². The van der Waals surface area contributed by atoms with E-state index in [1.54, 1.807) is 12.3 Å². The number of pyridine rings is 1. The molecular weight excluding hydrogens is 191 g/mol. The summed E-state index contributed by atoms with van der Waals surface area (Å²) >= 11 is 0. The van der Waals surface area contributed by atoms with Gasteiger partial charge in [0.15, 0.2) is 0 Å². The first-order valence-electron chi connectivity index (χ1n) is 5.65. The highest BCUT2D eigenvalue weighted by atomic mass is 19.1. The number of rotatable bonds is 2. The third-order valence-electron chi connectivity index (χ3n) is 3.75. The van der Waals surface area contributed by atoms with Crippen molar-refractivity contribution in [3.63, 3.8) is 0 Å². The van der Waals surface area contributed by atoms with Crippen molar-refractivity contribution < 1.29 is 4.39 Å². The monoisotopic (exact) mass is 206 g/mol. The second kappa shape index (κ2) is 3.56. The van der Waals surface area contributed by atoms with Gasteiger partial charge >= 0.3 is 0 Å². The van der Waals surface area contributed by atoms with Crippen molar-refractivity contribution in [3.05, 3.63) is 29.8 Å². The SMILES string of the molecule is Fc1cnccc1CN1C[C@H]2CC[C@H]1C2. The number of fused-ring (bicyclic) bond motifs is 2. The zero-order valence-electron chi connectivity index (χ0n) is 8.69. The first kappa shape index (κ1) is 9.28. The third kappa shape index (κ3) is 1.65. The molecule has 1 saturated heterocycles. The van der Waals surface area contributed by atoms with Crippen LogP contribution in [0, 0.1) is 11.7 Å². The first-order valence-corrected chi connectivity index (χ1v) is 5.65. The Labute approximate surface area is 89.1 Å². The Kier molecular flexibility index (Phi) is 2.20. The Morgan fingerprint density at radius 1 is 1.47 bits per heavy atom. The molecule has 2 aliphatic rings. The molecule has 2 nitrogen and oxygen atoms in total. The van der Waals surface area contributed by atoms with E-state index >= 15 is 0 Å². The molecule has 0 spiro atoms. The van der Waals surface area contributed by atoms with Gasteiger partial charge in [0.2, 0.25) is 0 Å². The van der Waals surface area contributed by atoms with Crippen LogP contribution in [0.5, 0.6) is 0 Å². The summed E-state index contributed by atoms with van der Waals surface area (Å²) in [4.78, 5) is 6.20. The first-order chi connectivity index (χ1) is 7.33. The summed E-state index contributed by atoms with van der Waals surface area (Å²) in [5.41, 5.74) is 0.789. The number of hydrogen-bond acceptors (Lipinski definition) is 2. The molecule has 2 heterocycles. The summed E-state index contributed by atoms with van der Waals surface area (Å²) in [6.07, 6.45) is 6.99. The van der Waals surface area contributed by atoms with Gasteiger partial charge in [0, 0.05) is 30.9 Å². The van der Waals surface area contributed by atoms with Crippen molar-refractivity contribution in [2.45, 2.75) is 31.8 Å². The number of likely N-dealkylation sites (tertiary alicyclic amines) is 1. The predicted octanol–water partition coefficient (Wildman–Crippen LogP) is 2.21. The van der Waals surface area contributed by atoms with E-state index in [2.05, 4.69) is 9.88 Å². The Morgan fingerprint density at radius 3 is 3.07 bits per heavy atom. The maximum Gasteiger partial charge on any atom is 0.145 e. The molecule has 0 aromatic carbocycles. The van der Waals surface area contributed by atoms with Gasteiger partial charge in [-0.3, -0.25) is 9.88 Å². The van der Waals surface area contributed by atoms with Gasteiger partial charge in [-0.15, -0.1) is 0 Å². The van der Waals surface area contributed by atoms with E-state index in [9.17, 15) is 4.39 Å². The molecule has 15 heavy (non-hydrogen) atoms. The molecule has 2 bridgehead atoms. The van der Waals surface area contributed by atoms with Crippen LogP contribution >= 0.6 is 0 Å². The number of hydrogen-bond donors (Lipinski definition) is 0. The van der Waals surface area contributed by atoms with E-state index in [0.29, 0.717) is 6.04 Å². The van der Waals surface area contributed by atoms with Crippen LogP contribution in [0.3, 0.4) is 0 Å². The molecule has 0 radical (unpaired) electrons. The zero-order chi connectivity index (χ0) is 10.3. The lowest BCUT2D eigenvalue weighted by Crippen LogP contribution is -2.31. The van der Waals surface area contributed by atoms with E-state index in [0.717, 1.165) is 24.6 Å². The predicted molar refractivity (Wildman–Crippen MR) is 55.7 cm³/mol. The Balaban J connectivity index is 1.73. The standard InChI is InChI=1S/C12H15FN2/c13-12-6-14-4-3-10(12)8-15-7-9-1-2-11(15)5-9/h3-4,6,9,11H,1-2,5,7-8H2/t9-,11-/m0/s1. The summed E-state index contributed by atoms with van der Waals surface area (Å²) in [6.45, 7) is 1.92. The Hall–Kier alpha value is -0.960. The second-order valence-electron chi connectivity index (χ2n) is 4.73. The minimum absolute atomic E-state index is 0.166. The van der Waals surface area contributed by atoms with Crippen molar-refractivity contribution in [3.8, 4) is 0 Å². The van der Waals surface area contributed by atoms with Gasteiger partial charge in [-0.05, 0) is 31.2 Å². The molecule has 0 N–H and O–H groups in total. The number of halogens is 1. The molecule has 1 saturated carbocycles. The summed E-state index contributed by atoms with van der Waals surface area (Å²) in [7, 11) is 0. The Morgan fingerprint density at radius 2 is 2.40 bits per heavy atom. The quantitative estimate of drug-likeness (QED) is 0.737. The van der Waals surface area contributed by atoms with Crippen LogP contribution < -0.4 is 0 Å². The van der Waals surface area contributed by atoms with Crippen molar-refractivity contribution in [2.24, 2.45) is 5.92 Å². The maximum absolute atomic E-state index is 13.4. The lowest BCUT2D eigenvalue weighted by atomic mass is 10.1. The van der Waals surface area contributed by atoms with Gasteiger partial charge in [-0.25, -0.2) is 4.39 Å². The summed E-state index contributed by atoms with van der Waals surface area (Å²) in [5, 5.41) is 0. The molecule has 0 amide bonds. The highest BCUT2D eigenvalue weighted by molar-refractivity contribution is 5.13. The molecule has 3 rings (SSSR count). The average Bonchev–Trinajstić information content (AvgIpc) is 2.83. The van der Waals surface area contributed by atoms with E-state index in [1.807, 2.05) is 0 Å². The molecule has 1 aliphatic heterocycles. The van der Waals surface area contributed by atoms with Crippen LogP contribution in [-0.4, -0.2) is 22.5 Å². The van der Waals surface area contributed by atoms with Gasteiger partial charge in [0.1, 0.15) is 5.82 Å². The average molecular weight is 206 g/mol.